The van der Waals surface area contributed by atoms with Gasteiger partial charge in [-0.25, -0.2) is 4.39 Å². The Morgan fingerprint density at radius 1 is 1.22 bits per heavy atom. The van der Waals surface area contributed by atoms with E-state index < -0.39 is 5.41 Å². The van der Waals surface area contributed by atoms with Gasteiger partial charge in [0.25, 0.3) is 5.91 Å². The smallest absolute Gasteiger partial charge is 0.251 e. The van der Waals surface area contributed by atoms with E-state index in [2.05, 4.69) is 10.3 Å². The molecule has 5 nitrogen and oxygen atoms in total. The Morgan fingerprint density at radius 3 is 2.81 bits per heavy atom. The van der Waals surface area contributed by atoms with Gasteiger partial charge in [-0.15, -0.1) is 0 Å². The summed E-state index contributed by atoms with van der Waals surface area (Å²) in [7, 11) is 0. The second kappa shape index (κ2) is 7.10. The van der Waals surface area contributed by atoms with Crippen molar-refractivity contribution in [2.45, 2.75) is 38.1 Å². The number of nitrogens with zero attached hydrogens (tertiary/aromatic N) is 2. The van der Waals surface area contributed by atoms with Gasteiger partial charge in [0.2, 0.25) is 5.91 Å². The molecule has 2 fully saturated rings. The molecule has 1 saturated carbocycles. The summed E-state index contributed by atoms with van der Waals surface area (Å²) in [6.07, 6.45) is 7.14. The number of benzene rings is 1. The van der Waals surface area contributed by atoms with E-state index in [-0.39, 0.29) is 23.7 Å². The summed E-state index contributed by atoms with van der Waals surface area (Å²) in [5.41, 5.74) is 0.726. The van der Waals surface area contributed by atoms with Crippen LogP contribution >= 0.6 is 0 Å². The lowest BCUT2D eigenvalue weighted by Crippen LogP contribution is -2.46. The van der Waals surface area contributed by atoms with Crippen molar-refractivity contribution in [3.05, 3.63) is 60.2 Å². The van der Waals surface area contributed by atoms with Crippen LogP contribution in [0.5, 0.6) is 0 Å². The van der Waals surface area contributed by atoms with Crippen LogP contribution in [0.3, 0.4) is 0 Å². The summed E-state index contributed by atoms with van der Waals surface area (Å²) in [5.74, 6) is -0.421. The Bertz CT molecular complexity index is 858. The van der Waals surface area contributed by atoms with E-state index >= 15 is 0 Å². The normalized spacial score (nSPS) is 25.0. The fraction of sp³-hybridized carbons (Fsp3) is 0.381. The first-order valence-electron chi connectivity index (χ1n) is 9.36. The molecule has 4 rings (SSSR count). The lowest BCUT2D eigenvalue weighted by atomic mass is 9.71. The number of halogens is 1. The fourth-order valence-electron chi connectivity index (χ4n) is 4.39. The number of carbonyl (C=O) groups excluding carboxylic acids is 2. The van der Waals surface area contributed by atoms with Crippen LogP contribution in [0.15, 0.2) is 48.8 Å². The largest absolute Gasteiger partial charge is 0.349 e. The fourth-order valence-corrected chi connectivity index (χ4v) is 4.39. The topological polar surface area (TPSA) is 62.3 Å². The highest BCUT2D eigenvalue weighted by atomic mass is 19.1. The molecule has 2 amide bonds. The van der Waals surface area contributed by atoms with Crippen LogP contribution in [-0.4, -0.2) is 29.4 Å². The Morgan fingerprint density at radius 2 is 2.04 bits per heavy atom. The Labute approximate surface area is 157 Å². The lowest BCUT2D eigenvalue weighted by molar-refractivity contribution is -0.127. The van der Waals surface area contributed by atoms with E-state index in [1.165, 1.54) is 12.1 Å². The number of pyridine rings is 1. The van der Waals surface area contributed by atoms with E-state index in [0.717, 1.165) is 25.7 Å². The minimum Gasteiger partial charge on any atom is -0.349 e. The molecule has 140 valence electrons. The maximum atomic E-state index is 13.6. The van der Waals surface area contributed by atoms with Gasteiger partial charge in [0.15, 0.2) is 0 Å². The average molecular weight is 367 g/mol. The predicted molar refractivity (Wildman–Crippen MR) is 99.8 cm³/mol. The third kappa shape index (κ3) is 3.44. The molecule has 1 aliphatic heterocycles. The molecule has 2 atom stereocenters. The summed E-state index contributed by atoms with van der Waals surface area (Å²) in [5, 5.41) is 3.07. The molecule has 1 saturated heterocycles. The summed E-state index contributed by atoms with van der Waals surface area (Å²) < 4.78 is 13.6. The number of rotatable bonds is 3. The Balaban J connectivity index is 1.47. The number of hydrogen-bond acceptors (Lipinski definition) is 3. The molecule has 2 unspecified atom stereocenters. The zero-order valence-electron chi connectivity index (χ0n) is 15.0. The van der Waals surface area contributed by atoms with E-state index in [1.54, 1.807) is 41.6 Å². The van der Waals surface area contributed by atoms with Crippen molar-refractivity contribution >= 4 is 17.5 Å². The van der Waals surface area contributed by atoms with Gasteiger partial charge < -0.3 is 10.2 Å². The minimum absolute atomic E-state index is 0.0316. The molecule has 1 spiro atoms. The van der Waals surface area contributed by atoms with Crippen molar-refractivity contribution in [1.29, 1.82) is 0 Å². The number of anilines is 1. The molecule has 0 radical (unpaired) electrons. The van der Waals surface area contributed by atoms with Crippen molar-refractivity contribution in [2.24, 2.45) is 5.41 Å². The molecule has 2 aliphatic rings. The summed E-state index contributed by atoms with van der Waals surface area (Å²) in [6.45, 7) is 0.591. The van der Waals surface area contributed by atoms with Crippen LogP contribution < -0.4 is 10.2 Å². The van der Waals surface area contributed by atoms with Crippen LogP contribution in [0.4, 0.5) is 10.1 Å². The summed E-state index contributed by atoms with van der Waals surface area (Å²) >= 11 is 0. The zero-order valence-corrected chi connectivity index (χ0v) is 15.0. The molecule has 1 N–H and O–H groups in total. The van der Waals surface area contributed by atoms with Gasteiger partial charge in [0.1, 0.15) is 5.82 Å². The molecule has 2 aromatic rings. The third-order valence-electron chi connectivity index (χ3n) is 5.76. The zero-order chi connectivity index (χ0) is 18.9. The summed E-state index contributed by atoms with van der Waals surface area (Å²) in [4.78, 5) is 31.2. The van der Waals surface area contributed by atoms with Crippen molar-refractivity contribution in [3.63, 3.8) is 0 Å². The van der Waals surface area contributed by atoms with Crippen LogP contribution in [0.1, 0.15) is 42.5 Å². The van der Waals surface area contributed by atoms with Gasteiger partial charge >= 0.3 is 0 Å². The Hall–Kier alpha value is -2.76. The molecule has 0 bridgehead atoms. The standard InChI is InChI=1S/C21H22FN3O2/c22-16-3-1-5-18(13-16)25-12-9-21(20(25)27)8-2-4-17(14-21)24-19(26)15-6-10-23-11-7-15/h1,3,5-7,10-11,13,17H,2,4,8-9,12,14H2,(H,24,26). The number of hydrogen-bond donors (Lipinski definition) is 1. The maximum Gasteiger partial charge on any atom is 0.251 e. The molecule has 27 heavy (non-hydrogen) atoms. The molecular weight excluding hydrogens is 345 g/mol. The van der Waals surface area contributed by atoms with Crippen molar-refractivity contribution in [3.8, 4) is 0 Å². The molecule has 1 aliphatic carbocycles. The lowest BCUT2D eigenvalue weighted by Gasteiger charge is -2.36. The van der Waals surface area contributed by atoms with Crippen molar-refractivity contribution in [1.82, 2.24) is 10.3 Å². The first kappa shape index (κ1) is 17.6. The number of nitrogens with one attached hydrogen (secondary N) is 1. The third-order valence-corrected chi connectivity index (χ3v) is 5.76. The first-order valence-corrected chi connectivity index (χ1v) is 9.36. The van der Waals surface area contributed by atoms with Gasteiger partial charge in [0.05, 0.1) is 5.41 Å². The number of amides is 2. The predicted octanol–water partition coefficient (Wildman–Crippen LogP) is 3.32. The van der Waals surface area contributed by atoms with Crippen molar-refractivity contribution in [2.75, 3.05) is 11.4 Å². The molecule has 6 heteroatoms. The second-order valence-corrected chi connectivity index (χ2v) is 7.47. The second-order valence-electron chi connectivity index (χ2n) is 7.47. The molecule has 1 aromatic heterocycles. The number of aromatic nitrogens is 1. The molecular formula is C21H22FN3O2. The van der Waals surface area contributed by atoms with E-state index in [1.807, 2.05) is 0 Å². The maximum absolute atomic E-state index is 13.6. The summed E-state index contributed by atoms with van der Waals surface area (Å²) in [6, 6.07) is 9.51. The van der Waals surface area contributed by atoms with Gasteiger partial charge in [0, 0.05) is 36.2 Å². The van der Waals surface area contributed by atoms with Crippen LogP contribution in [0, 0.1) is 11.2 Å². The Kier molecular flexibility index (Phi) is 4.64. The van der Waals surface area contributed by atoms with E-state index in [0.29, 0.717) is 24.2 Å². The number of carbonyl (C=O) groups is 2. The minimum atomic E-state index is -0.458. The highest BCUT2D eigenvalue weighted by Crippen LogP contribution is 2.46. The first-order chi connectivity index (χ1) is 13.1. The molecule has 2 heterocycles. The van der Waals surface area contributed by atoms with Gasteiger partial charge in [-0.3, -0.25) is 14.6 Å². The van der Waals surface area contributed by atoms with Gasteiger partial charge in [-0.2, -0.15) is 0 Å². The quantitative estimate of drug-likeness (QED) is 0.905. The van der Waals surface area contributed by atoms with Crippen molar-refractivity contribution < 1.29 is 14.0 Å². The average Bonchev–Trinajstić information content (AvgIpc) is 2.98. The van der Waals surface area contributed by atoms with Crippen LogP contribution in [0.25, 0.3) is 0 Å². The van der Waals surface area contributed by atoms with Crippen LogP contribution in [0.2, 0.25) is 0 Å². The van der Waals surface area contributed by atoms with Gasteiger partial charge in [-0.05, 0) is 56.0 Å². The highest BCUT2D eigenvalue weighted by molar-refractivity contribution is 6.00. The van der Waals surface area contributed by atoms with Crippen LogP contribution in [-0.2, 0) is 4.79 Å². The highest BCUT2D eigenvalue weighted by Gasteiger charge is 2.49. The SMILES string of the molecule is O=C(NC1CCCC2(CCN(c3cccc(F)c3)C2=O)C1)c1ccncc1. The van der Waals surface area contributed by atoms with E-state index in [4.69, 9.17) is 0 Å². The van der Waals surface area contributed by atoms with Gasteiger partial charge in [-0.1, -0.05) is 12.5 Å². The van der Waals surface area contributed by atoms with E-state index in [9.17, 15) is 14.0 Å². The monoisotopic (exact) mass is 367 g/mol. The molecule has 1 aromatic carbocycles.